The first kappa shape index (κ1) is 25.3. The van der Waals surface area contributed by atoms with Crippen LogP contribution in [0.4, 0.5) is 14.5 Å². The Labute approximate surface area is 206 Å². The number of pyridine rings is 1. The molecule has 3 heterocycles. The quantitative estimate of drug-likeness (QED) is 0.487. The van der Waals surface area contributed by atoms with Crippen molar-refractivity contribution in [2.75, 3.05) is 18.5 Å². The van der Waals surface area contributed by atoms with Crippen LogP contribution in [0, 0.1) is 11.6 Å². The largest absolute Gasteiger partial charge is 0.478 e. The van der Waals surface area contributed by atoms with Crippen LogP contribution in [0.25, 0.3) is 0 Å². The number of hydrogen-bond donors (Lipinski definition) is 2. The maximum absolute atomic E-state index is 14.8. The molecule has 0 radical (unpaired) electrons. The second-order valence-corrected chi connectivity index (χ2v) is 14.4. The fraction of sp³-hybridized carbons (Fsp3) is 0.333. The molecule has 4 rings (SSSR count). The van der Waals surface area contributed by atoms with E-state index in [1.54, 1.807) is 12.1 Å². The summed E-state index contributed by atoms with van der Waals surface area (Å²) in [4.78, 5) is 43.8. The third-order valence-electron chi connectivity index (χ3n) is 5.78. The molecule has 0 fully saturated rings. The standard InChI is InChI=1S/C24H26F2N4O5Si/c1-5-34-20-7-6-14-17(28-20)8-9-30(24(33)18-12-19(31)29-35-18)21(14)23(32)27-13-10-15(25)22(16(26)11-13)36(2,3)4/h6-7,10-12,21H,5,8-9H2,1-4H3,(H,27,32)(H,29,31). The van der Waals surface area contributed by atoms with Crippen molar-refractivity contribution in [2.24, 2.45) is 0 Å². The molecular weight excluding hydrogens is 490 g/mol. The average Bonchev–Trinajstić information content (AvgIpc) is 3.22. The van der Waals surface area contributed by atoms with Gasteiger partial charge in [0.25, 0.3) is 17.4 Å². The molecule has 2 amide bonds. The molecule has 1 unspecified atom stereocenters. The second-order valence-electron chi connectivity index (χ2n) is 9.40. The third kappa shape index (κ3) is 4.94. The zero-order valence-corrected chi connectivity index (χ0v) is 21.3. The van der Waals surface area contributed by atoms with Crippen LogP contribution in [-0.4, -0.2) is 48.1 Å². The van der Waals surface area contributed by atoms with Gasteiger partial charge in [-0.15, -0.1) is 0 Å². The van der Waals surface area contributed by atoms with Crippen LogP contribution in [0.3, 0.4) is 0 Å². The average molecular weight is 517 g/mol. The number of rotatable bonds is 6. The number of H-pyrrole nitrogens is 1. The molecule has 1 aromatic carbocycles. The van der Waals surface area contributed by atoms with E-state index in [1.807, 2.05) is 26.6 Å². The number of carbonyl (C=O) groups excluding carboxylic acids is 2. The maximum Gasteiger partial charge on any atom is 0.293 e. The van der Waals surface area contributed by atoms with Gasteiger partial charge >= 0.3 is 0 Å². The van der Waals surface area contributed by atoms with E-state index in [2.05, 4.69) is 15.5 Å². The highest BCUT2D eigenvalue weighted by atomic mass is 28.3. The van der Waals surface area contributed by atoms with Gasteiger partial charge in [-0.05, 0) is 25.1 Å². The first-order valence-corrected chi connectivity index (χ1v) is 14.9. The molecule has 190 valence electrons. The molecule has 12 heteroatoms. The molecular formula is C24H26F2N4O5Si. The molecule has 1 atom stereocenters. The van der Waals surface area contributed by atoms with Crippen LogP contribution in [0.15, 0.2) is 39.6 Å². The van der Waals surface area contributed by atoms with Crippen molar-refractivity contribution in [1.29, 1.82) is 0 Å². The second kappa shape index (κ2) is 9.68. The molecule has 0 bridgehead atoms. The molecule has 1 aliphatic rings. The number of nitrogens with one attached hydrogen (secondary N) is 2. The van der Waals surface area contributed by atoms with Crippen LogP contribution in [0.2, 0.25) is 19.6 Å². The number of anilines is 1. The fourth-order valence-corrected chi connectivity index (χ4v) is 5.87. The molecule has 3 aromatic rings. The first-order chi connectivity index (χ1) is 17.0. The Morgan fingerprint density at radius 2 is 1.92 bits per heavy atom. The van der Waals surface area contributed by atoms with E-state index >= 15 is 0 Å². The molecule has 0 saturated heterocycles. The third-order valence-corrected chi connectivity index (χ3v) is 7.75. The Morgan fingerprint density at radius 3 is 2.50 bits per heavy atom. The number of aromatic amines is 1. The van der Waals surface area contributed by atoms with Crippen molar-refractivity contribution >= 4 is 30.8 Å². The summed E-state index contributed by atoms with van der Waals surface area (Å²) in [5, 5.41) is 4.63. The van der Waals surface area contributed by atoms with Crippen molar-refractivity contribution in [2.45, 2.75) is 39.0 Å². The number of ether oxygens (including phenoxy) is 1. The molecule has 9 nitrogen and oxygen atoms in total. The zero-order chi connectivity index (χ0) is 26.2. The summed E-state index contributed by atoms with van der Waals surface area (Å²) in [6.07, 6.45) is 0.314. The summed E-state index contributed by atoms with van der Waals surface area (Å²) in [6.45, 7) is 7.75. The van der Waals surface area contributed by atoms with Crippen LogP contribution >= 0.6 is 0 Å². The van der Waals surface area contributed by atoms with E-state index < -0.39 is 43.1 Å². The van der Waals surface area contributed by atoms with Crippen LogP contribution in [-0.2, 0) is 11.2 Å². The lowest BCUT2D eigenvalue weighted by molar-refractivity contribution is -0.121. The lowest BCUT2D eigenvalue weighted by Gasteiger charge is -2.35. The van der Waals surface area contributed by atoms with Crippen LogP contribution in [0.1, 0.15) is 34.8 Å². The summed E-state index contributed by atoms with van der Waals surface area (Å²) >= 11 is 0. The smallest absolute Gasteiger partial charge is 0.293 e. The Hall–Kier alpha value is -3.80. The number of aromatic nitrogens is 2. The van der Waals surface area contributed by atoms with E-state index in [0.717, 1.165) is 18.2 Å². The predicted molar refractivity (Wildman–Crippen MR) is 130 cm³/mol. The first-order valence-electron chi connectivity index (χ1n) is 11.4. The summed E-state index contributed by atoms with van der Waals surface area (Å²) in [7, 11) is -2.31. The van der Waals surface area contributed by atoms with Crippen molar-refractivity contribution in [3.63, 3.8) is 0 Å². The molecule has 1 aliphatic heterocycles. The highest BCUT2D eigenvalue weighted by Crippen LogP contribution is 2.33. The van der Waals surface area contributed by atoms with E-state index in [4.69, 9.17) is 9.26 Å². The van der Waals surface area contributed by atoms with Gasteiger partial charge in [0.2, 0.25) is 11.6 Å². The summed E-state index contributed by atoms with van der Waals surface area (Å²) in [6, 6.07) is 5.14. The van der Waals surface area contributed by atoms with Crippen LogP contribution in [0.5, 0.6) is 5.88 Å². The minimum atomic E-state index is -2.31. The molecule has 0 aliphatic carbocycles. The van der Waals surface area contributed by atoms with Crippen molar-refractivity contribution < 1.29 is 27.6 Å². The van der Waals surface area contributed by atoms with Gasteiger partial charge in [0, 0.05) is 35.5 Å². The van der Waals surface area contributed by atoms with Crippen molar-refractivity contribution in [3.05, 3.63) is 69.3 Å². The topological polar surface area (TPSA) is 118 Å². The van der Waals surface area contributed by atoms with Gasteiger partial charge in [0.15, 0.2) is 0 Å². The minimum absolute atomic E-state index is 0.0375. The summed E-state index contributed by atoms with van der Waals surface area (Å²) in [5.41, 5.74) is 0.289. The Kier molecular flexibility index (Phi) is 6.80. The summed E-state index contributed by atoms with van der Waals surface area (Å²) in [5.74, 6) is -2.76. The van der Waals surface area contributed by atoms with E-state index in [1.165, 1.54) is 4.90 Å². The van der Waals surface area contributed by atoms with Gasteiger partial charge < -0.3 is 19.5 Å². The van der Waals surface area contributed by atoms with E-state index in [0.29, 0.717) is 30.2 Å². The Balaban J connectivity index is 1.72. The van der Waals surface area contributed by atoms with E-state index in [9.17, 15) is 23.2 Å². The lowest BCUT2D eigenvalue weighted by atomic mass is 9.95. The Bertz CT molecular complexity index is 1360. The number of amides is 2. The van der Waals surface area contributed by atoms with Gasteiger partial charge in [-0.3, -0.25) is 14.4 Å². The Morgan fingerprint density at radius 1 is 1.22 bits per heavy atom. The lowest BCUT2D eigenvalue weighted by Crippen LogP contribution is -2.46. The SMILES string of the molecule is CCOc1ccc2c(n1)CCN(C(=O)c1cc(=O)[nH]o1)C2C(=O)Nc1cc(F)c([Si](C)(C)C)c(F)c1. The van der Waals surface area contributed by atoms with Gasteiger partial charge in [-0.1, -0.05) is 19.6 Å². The number of halogens is 2. The zero-order valence-electron chi connectivity index (χ0n) is 20.3. The monoisotopic (exact) mass is 516 g/mol. The number of nitrogens with zero attached hydrogens (tertiary/aromatic N) is 2. The van der Waals surface area contributed by atoms with Crippen LogP contribution < -0.4 is 20.8 Å². The van der Waals surface area contributed by atoms with Crippen molar-refractivity contribution in [3.8, 4) is 5.88 Å². The highest BCUT2D eigenvalue weighted by Gasteiger charge is 2.39. The normalized spacial score (nSPS) is 15.4. The molecule has 0 spiro atoms. The predicted octanol–water partition coefficient (Wildman–Crippen LogP) is 2.96. The number of hydrogen-bond acceptors (Lipinski definition) is 6. The number of benzene rings is 1. The fourth-order valence-electron chi connectivity index (χ4n) is 4.30. The van der Waals surface area contributed by atoms with Gasteiger partial charge in [0.05, 0.1) is 26.4 Å². The van der Waals surface area contributed by atoms with E-state index in [-0.39, 0.29) is 23.2 Å². The van der Waals surface area contributed by atoms with Gasteiger partial charge in [-0.2, -0.15) is 5.16 Å². The summed E-state index contributed by atoms with van der Waals surface area (Å²) < 4.78 is 40.0. The molecule has 0 saturated carbocycles. The number of carbonyl (C=O) groups is 2. The van der Waals surface area contributed by atoms with Crippen molar-refractivity contribution in [1.82, 2.24) is 15.0 Å². The molecule has 2 aromatic heterocycles. The highest BCUT2D eigenvalue weighted by molar-refractivity contribution is 6.88. The molecule has 2 N–H and O–H groups in total. The maximum atomic E-state index is 14.8. The molecule has 36 heavy (non-hydrogen) atoms. The van der Waals surface area contributed by atoms with Gasteiger partial charge in [-0.25, -0.2) is 13.8 Å². The van der Waals surface area contributed by atoms with Gasteiger partial charge in [0.1, 0.15) is 17.7 Å². The minimum Gasteiger partial charge on any atom is -0.478 e. The number of fused-ring (bicyclic) bond motifs is 1.